The number of carbonyl (C=O) groups is 1. The van der Waals surface area contributed by atoms with E-state index in [1.807, 2.05) is 6.92 Å². The highest BCUT2D eigenvalue weighted by molar-refractivity contribution is 9.10. The maximum absolute atomic E-state index is 12.3. The van der Waals surface area contributed by atoms with Gasteiger partial charge in [-0.25, -0.2) is 0 Å². The molecule has 19 heavy (non-hydrogen) atoms. The van der Waals surface area contributed by atoms with Gasteiger partial charge in [0.2, 0.25) is 0 Å². The van der Waals surface area contributed by atoms with E-state index in [4.69, 9.17) is 23.2 Å². The number of nitrogens with zero attached hydrogens (tertiary/aromatic N) is 2. The largest absolute Gasteiger partial charge is 0.294 e. The van der Waals surface area contributed by atoms with E-state index in [1.165, 1.54) is 0 Å². The van der Waals surface area contributed by atoms with Crippen LogP contribution in [0.5, 0.6) is 0 Å². The van der Waals surface area contributed by atoms with Crippen LogP contribution in [-0.4, -0.2) is 15.6 Å². The fourth-order valence-electron chi connectivity index (χ4n) is 1.84. The molecule has 0 N–H and O–H groups in total. The Hall–Kier alpha value is -0.840. The van der Waals surface area contributed by atoms with E-state index in [0.717, 1.165) is 5.69 Å². The number of benzene rings is 1. The highest BCUT2D eigenvalue weighted by Gasteiger charge is 2.17. The molecule has 0 radical (unpaired) electrons. The zero-order valence-electron chi connectivity index (χ0n) is 10.4. The predicted molar refractivity (Wildman–Crippen MR) is 80.1 cm³/mol. The molecule has 0 amide bonds. The molecule has 2 rings (SSSR count). The highest BCUT2D eigenvalue weighted by atomic mass is 79.9. The lowest BCUT2D eigenvalue weighted by atomic mass is 10.1. The number of Topliss-reactive ketones (excluding diaryl/α,β-unsaturated/α-hetero) is 1. The molecule has 0 atom stereocenters. The topological polar surface area (TPSA) is 34.9 Å². The second kappa shape index (κ2) is 5.65. The normalized spacial score (nSPS) is 10.8. The van der Waals surface area contributed by atoms with Crippen LogP contribution in [0.4, 0.5) is 0 Å². The molecule has 0 bridgehead atoms. The van der Waals surface area contributed by atoms with Crippen molar-refractivity contribution in [3.05, 3.63) is 49.7 Å². The summed E-state index contributed by atoms with van der Waals surface area (Å²) in [6.07, 6.45) is 0.205. The number of hydrogen-bond acceptors (Lipinski definition) is 2. The van der Waals surface area contributed by atoms with Crippen molar-refractivity contribution in [3.63, 3.8) is 0 Å². The lowest BCUT2D eigenvalue weighted by molar-refractivity contribution is 0.0990. The number of aromatic nitrogens is 2. The van der Waals surface area contributed by atoms with Crippen LogP contribution in [0.1, 0.15) is 21.7 Å². The molecule has 2 aromatic rings. The van der Waals surface area contributed by atoms with E-state index in [2.05, 4.69) is 21.0 Å². The van der Waals surface area contributed by atoms with Gasteiger partial charge in [0.25, 0.3) is 0 Å². The molecule has 0 fully saturated rings. The summed E-state index contributed by atoms with van der Waals surface area (Å²) in [4.78, 5) is 12.3. The summed E-state index contributed by atoms with van der Waals surface area (Å²) in [6.45, 7) is 1.81. The van der Waals surface area contributed by atoms with Gasteiger partial charge in [0.15, 0.2) is 5.78 Å². The minimum absolute atomic E-state index is 0.0339. The molecule has 0 aliphatic heterocycles. The molecule has 0 aliphatic rings. The van der Waals surface area contributed by atoms with Crippen molar-refractivity contribution >= 4 is 44.9 Å². The van der Waals surface area contributed by atoms with Gasteiger partial charge in [0, 0.05) is 22.1 Å². The van der Waals surface area contributed by atoms with Gasteiger partial charge in [-0.3, -0.25) is 9.48 Å². The van der Waals surface area contributed by atoms with Gasteiger partial charge >= 0.3 is 0 Å². The summed E-state index contributed by atoms with van der Waals surface area (Å²) < 4.78 is 2.32. The molecule has 100 valence electrons. The number of rotatable bonds is 3. The molecular weight excluding hydrogens is 351 g/mol. The van der Waals surface area contributed by atoms with E-state index in [1.54, 1.807) is 29.9 Å². The minimum atomic E-state index is -0.0339. The molecule has 6 heteroatoms. The van der Waals surface area contributed by atoms with Gasteiger partial charge in [-0.15, -0.1) is 0 Å². The number of aryl methyl sites for hydroxylation is 2. The molecule has 1 heterocycles. The number of carbonyl (C=O) groups excluding carboxylic acids is 1. The summed E-state index contributed by atoms with van der Waals surface area (Å²) in [5.74, 6) is -0.0339. The van der Waals surface area contributed by atoms with Gasteiger partial charge in [-0.2, -0.15) is 5.10 Å². The minimum Gasteiger partial charge on any atom is -0.294 e. The molecule has 0 saturated heterocycles. The molecule has 0 unspecified atom stereocenters. The van der Waals surface area contributed by atoms with E-state index < -0.39 is 0 Å². The van der Waals surface area contributed by atoms with Crippen LogP contribution in [0, 0.1) is 6.92 Å². The molecule has 0 saturated carbocycles. The zero-order chi connectivity index (χ0) is 14.2. The molecule has 3 nitrogen and oxygen atoms in total. The maximum atomic E-state index is 12.3. The van der Waals surface area contributed by atoms with Crippen molar-refractivity contribution in [1.29, 1.82) is 0 Å². The zero-order valence-corrected chi connectivity index (χ0v) is 13.5. The average molecular weight is 362 g/mol. The standard InChI is InChI=1S/C13H11BrCl2N2O/c1-7-13(16)11(18(2)17-7)6-12(19)9-4-3-8(15)5-10(9)14/h3-5H,6H2,1-2H3. The lowest BCUT2D eigenvalue weighted by Crippen LogP contribution is -2.09. The summed E-state index contributed by atoms with van der Waals surface area (Å²) in [5.41, 5.74) is 2.02. The third-order valence-corrected chi connectivity index (χ3v) is 4.20. The molecule has 0 spiro atoms. The quantitative estimate of drug-likeness (QED) is 0.767. The van der Waals surface area contributed by atoms with Gasteiger partial charge in [-0.05, 0) is 41.1 Å². The lowest BCUT2D eigenvalue weighted by Gasteiger charge is -2.05. The summed E-state index contributed by atoms with van der Waals surface area (Å²) in [7, 11) is 1.78. The van der Waals surface area contributed by atoms with E-state index in [0.29, 0.717) is 25.8 Å². The van der Waals surface area contributed by atoms with Crippen LogP contribution in [0.3, 0.4) is 0 Å². The van der Waals surface area contributed by atoms with Crippen LogP contribution < -0.4 is 0 Å². The summed E-state index contributed by atoms with van der Waals surface area (Å²) in [5, 5.41) is 5.32. The number of halogens is 3. The third-order valence-electron chi connectivity index (χ3n) is 2.82. The van der Waals surface area contributed by atoms with Crippen molar-refractivity contribution in [2.75, 3.05) is 0 Å². The van der Waals surface area contributed by atoms with E-state index in [9.17, 15) is 4.79 Å². The fraction of sp³-hybridized carbons (Fsp3) is 0.231. The first-order valence-corrected chi connectivity index (χ1v) is 7.11. The molecular formula is C13H11BrCl2N2O. The van der Waals surface area contributed by atoms with Crippen molar-refractivity contribution in [2.45, 2.75) is 13.3 Å². The SMILES string of the molecule is Cc1nn(C)c(CC(=O)c2ccc(Cl)cc2Br)c1Cl. The van der Waals surface area contributed by atoms with Crippen LogP contribution >= 0.6 is 39.1 Å². The summed E-state index contributed by atoms with van der Waals surface area (Å²) >= 11 is 15.3. The Kier molecular flexibility index (Phi) is 4.33. The first kappa shape index (κ1) is 14.6. The Morgan fingerprint density at radius 2 is 2.11 bits per heavy atom. The van der Waals surface area contributed by atoms with Crippen LogP contribution in [0.15, 0.2) is 22.7 Å². The Labute approximate surface area is 129 Å². The Morgan fingerprint density at radius 1 is 1.42 bits per heavy atom. The van der Waals surface area contributed by atoms with Crippen molar-refractivity contribution in [2.24, 2.45) is 7.05 Å². The third kappa shape index (κ3) is 3.02. The molecule has 1 aromatic carbocycles. The van der Waals surface area contributed by atoms with Gasteiger partial charge in [0.05, 0.1) is 22.8 Å². The van der Waals surface area contributed by atoms with Crippen molar-refractivity contribution in [3.8, 4) is 0 Å². The monoisotopic (exact) mass is 360 g/mol. The Morgan fingerprint density at radius 3 is 2.63 bits per heavy atom. The Balaban J connectivity index is 2.31. The Bertz CT molecular complexity index is 652. The molecule has 0 aliphatic carbocycles. The van der Waals surface area contributed by atoms with Gasteiger partial charge in [0.1, 0.15) is 0 Å². The van der Waals surface area contributed by atoms with E-state index in [-0.39, 0.29) is 12.2 Å². The maximum Gasteiger partial charge on any atom is 0.169 e. The van der Waals surface area contributed by atoms with Crippen LogP contribution in [0.25, 0.3) is 0 Å². The summed E-state index contributed by atoms with van der Waals surface area (Å²) in [6, 6.07) is 5.09. The van der Waals surface area contributed by atoms with Crippen molar-refractivity contribution < 1.29 is 4.79 Å². The first-order valence-electron chi connectivity index (χ1n) is 5.56. The second-order valence-corrected chi connectivity index (χ2v) is 5.86. The average Bonchev–Trinajstić information content (AvgIpc) is 2.56. The predicted octanol–water partition coefficient (Wildman–Crippen LogP) is 4.22. The van der Waals surface area contributed by atoms with Crippen LogP contribution in [-0.2, 0) is 13.5 Å². The highest BCUT2D eigenvalue weighted by Crippen LogP contribution is 2.25. The van der Waals surface area contributed by atoms with Gasteiger partial charge < -0.3 is 0 Å². The smallest absolute Gasteiger partial charge is 0.169 e. The number of hydrogen-bond donors (Lipinski definition) is 0. The van der Waals surface area contributed by atoms with Crippen LogP contribution in [0.2, 0.25) is 10.0 Å². The molecule has 1 aromatic heterocycles. The first-order chi connectivity index (χ1) is 8.90. The van der Waals surface area contributed by atoms with E-state index >= 15 is 0 Å². The van der Waals surface area contributed by atoms with Gasteiger partial charge in [-0.1, -0.05) is 23.2 Å². The second-order valence-electron chi connectivity index (χ2n) is 4.19. The fourth-order valence-corrected chi connectivity index (χ4v) is 2.97. The van der Waals surface area contributed by atoms with Crippen molar-refractivity contribution in [1.82, 2.24) is 9.78 Å². The number of ketones is 1.